The standard InChI is InChI=1S/C19H31N3O3S/c1-15-17(26-14-20-15)12-22-8-6-19(7-9-22)16(5-11-25-19)4-10-24-13-18(23)21(2)3/h14,16H,4-13H2,1-3H3/t16-/m0/s1. The van der Waals surface area contributed by atoms with E-state index in [-0.39, 0.29) is 18.1 Å². The fourth-order valence-corrected chi connectivity index (χ4v) is 4.85. The molecule has 3 heterocycles. The van der Waals surface area contributed by atoms with Gasteiger partial charge in [0.2, 0.25) is 5.91 Å². The van der Waals surface area contributed by atoms with E-state index < -0.39 is 0 Å². The van der Waals surface area contributed by atoms with Crippen molar-refractivity contribution < 1.29 is 14.3 Å². The number of thiazole rings is 1. The maximum absolute atomic E-state index is 11.6. The van der Waals surface area contributed by atoms with Crippen LogP contribution in [0.3, 0.4) is 0 Å². The molecule has 0 N–H and O–H groups in total. The van der Waals surface area contributed by atoms with E-state index in [0.717, 1.165) is 57.6 Å². The second kappa shape index (κ2) is 8.78. The van der Waals surface area contributed by atoms with E-state index in [4.69, 9.17) is 9.47 Å². The summed E-state index contributed by atoms with van der Waals surface area (Å²) in [5, 5.41) is 0. The maximum Gasteiger partial charge on any atom is 0.248 e. The van der Waals surface area contributed by atoms with Gasteiger partial charge in [0.05, 0.1) is 16.8 Å². The highest BCUT2D eigenvalue weighted by molar-refractivity contribution is 7.09. The van der Waals surface area contributed by atoms with E-state index >= 15 is 0 Å². The molecule has 0 bridgehead atoms. The number of ether oxygens (including phenoxy) is 2. The molecule has 2 fully saturated rings. The summed E-state index contributed by atoms with van der Waals surface area (Å²) < 4.78 is 11.8. The lowest BCUT2D eigenvalue weighted by Crippen LogP contribution is -2.47. The molecule has 7 heteroatoms. The number of likely N-dealkylation sites (N-methyl/N-ethyl adjacent to an activating group) is 1. The Hall–Kier alpha value is -1.02. The molecule has 146 valence electrons. The molecule has 1 aromatic rings. The Balaban J connectivity index is 1.44. The zero-order valence-electron chi connectivity index (χ0n) is 16.2. The Morgan fingerprint density at radius 3 is 2.88 bits per heavy atom. The Morgan fingerprint density at radius 1 is 1.46 bits per heavy atom. The van der Waals surface area contributed by atoms with Crippen LogP contribution in [0, 0.1) is 12.8 Å². The van der Waals surface area contributed by atoms with Crippen LogP contribution < -0.4 is 0 Å². The van der Waals surface area contributed by atoms with E-state index in [1.54, 1.807) is 30.3 Å². The van der Waals surface area contributed by atoms with Crippen molar-refractivity contribution in [3.63, 3.8) is 0 Å². The Morgan fingerprint density at radius 2 is 2.23 bits per heavy atom. The molecule has 2 aliphatic heterocycles. The van der Waals surface area contributed by atoms with Crippen molar-refractivity contribution in [3.05, 3.63) is 16.1 Å². The molecule has 0 aliphatic carbocycles. The Bertz CT molecular complexity index is 597. The smallest absolute Gasteiger partial charge is 0.248 e. The third-order valence-electron chi connectivity index (χ3n) is 5.85. The summed E-state index contributed by atoms with van der Waals surface area (Å²) in [6.45, 7) is 6.92. The largest absolute Gasteiger partial charge is 0.375 e. The van der Waals surface area contributed by atoms with Crippen molar-refractivity contribution in [2.45, 2.75) is 44.8 Å². The maximum atomic E-state index is 11.6. The molecule has 2 aliphatic rings. The van der Waals surface area contributed by atoms with Crippen LogP contribution in [0.2, 0.25) is 0 Å². The average Bonchev–Trinajstić information content (AvgIpc) is 3.20. The number of carbonyl (C=O) groups excluding carboxylic acids is 1. The Labute approximate surface area is 160 Å². The second-order valence-electron chi connectivity index (χ2n) is 7.67. The molecule has 2 saturated heterocycles. The summed E-state index contributed by atoms with van der Waals surface area (Å²) >= 11 is 1.75. The number of piperidine rings is 1. The third kappa shape index (κ3) is 4.63. The van der Waals surface area contributed by atoms with Gasteiger partial charge in [-0.1, -0.05) is 0 Å². The number of hydrogen-bond donors (Lipinski definition) is 0. The minimum atomic E-state index is 0.0220. The molecule has 26 heavy (non-hydrogen) atoms. The van der Waals surface area contributed by atoms with Gasteiger partial charge in [-0.3, -0.25) is 9.69 Å². The molecule has 1 spiro atoms. The lowest BCUT2D eigenvalue weighted by Gasteiger charge is -2.42. The summed E-state index contributed by atoms with van der Waals surface area (Å²) in [5.74, 6) is 0.568. The number of carbonyl (C=O) groups is 1. The second-order valence-corrected chi connectivity index (χ2v) is 8.60. The molecular weight excluding hydrogens is 350 g/mol. The molecule has 3 rings (SSSR count). The van der Waals surface area contributed by atoms with E-state index in [1.807, 2.05) is 5.51 Å². The predicted molar refractivity (Wildman–Crippen MR) is 102 cm³/mol. The molecule has 0 unspecified atom stereocenters. The SMILES string of the molecule is Cc1ncsc1CN1CCC2(CC1)OCC[C@@H]2CCOCC(=O)N(C)C. The highest BCUT2D eigenvalue weighted by atomic mass is 32.1. The Kier molecular flexibility index (Phi) is 6.66. The number of rotatable bonds is 7. The molecule has 0 aromatic carbocycles. The first-order valence-corrected chi connectivity index (χ1v) is 10.4. The van der Waals surface area contributed by atoms with Crippen LogP contribution in [0.1, 0.15) is 36.3 Å². The number of likely N-dealkylation sites (tertiary alicyclic amines) is 1. The van der Waals surface area contributed by atoms with Crippen LogP contribution >= 0.6 is 11.3 Å². The van der Waals surface area contributed by atoms with E-state index in [2.05, 4.69) is 16.8 Å². The first-order valence-electron chi connectivity index (χ1n) is 9.53. The normalized spacial score (nSPS) is 22.8. The van der Waals surface area contributed by atoms with Crippen LogP contribution in [-0.4, -0.2) is 73.3 Å². The van der Waals surface area contributed by atoms with Gasteiger partial charge in [-0.2, -0.15) is 0 Å². The molecular formula is C19H31N3O3S. The summed E-state index contributed by atoms with van der Waals surface area (Å²) in [7, 11) is 3.51. The van der Waals surface area contributed by atoms with Gasteiger partial charge in [0, 0.05) is 51.8 Å². The molecule has 1 amide bonds. The molecule has 0 radical (unpaired) electrons. The van der Waals surface area contributed by atoms with Gasteiger partial charge in [-0.05, 0) is 38.5 Å². The van der Waals surface area contributed by atoms with E-state index in [9.17, 15) is 4.79 Å². The first kappa shape index (κ1) is 19.7. The number of nitrogens with zero attached hydrogens (tertiary/aromatic N) is 3. The van der Waals surface area contributed by atoms with Crippen molar-refractivity contribution in [2.75, 3.05) is 47.0 Å². The fraction of sp³-hybridized carbons (Fsp3) is 0.789. The lowest BCUT2D eigenvalue weighted by atomic mass is 9.78. The number of aromatic nitrogens is 1. The number of hydrogen-bond acceptors (Lipinski definition) is 6. The summed E-state index contributed by atoms with van der Waals surface area (Å²) in [5.41, 5.74) is 3.12. The van der Waals surface area contributed by atoms with Gasteiger partial charge < -0.3 is 14.4 Å². The van der Waals surface area contributed by atoms with E-state index in [0.29, 0.717) is 12.5 Å². The average molecular weight is 382 g/mol. The fourth-order valence-electron chi connectivity index (χ4n) is 4.03. The lowest BCUT2D eigenvalue weighted by molar-refractivity contribution is -0.133. The minimum Gasteiger partial charge on any atom is -0.375 e. The van der Waals surface area contributed by atoms with Gasteiger partial charge >= 0.3 is 0 Å². The van der Waals surface area contributed by atoms with Crippen LogP contribution in [0.4, 0.5) is 0 Å². The number of amides is 1. The zero-order chi connectivity index (χ0) is 18.6. The van der Waals surface area contributed by atoms with Crippen molar-refractivity contribution in [1.29, 1.82) is 0 Å². The molecule has 1 atom stereocenters. The van der Waals surface area contributed by atoms with Crippen LogP contribution in [0.5, 0.6) is 0 Å². The van der Waals surface area contributed by atoms with Crippen LogP contribution in [-0.2, 0) is 20.8 Å². The van der Waals surface area contributed by atoms with Crippen molar-refractivity contribution in [2.24, 2.45) is 5.92 Å². The van der Waals surface area contributed by atoms with Crippen molar-refractivity contribution in [3.8, 4) is 0 Å². The van der Waals surface area contributed by atoms with Gasteiger partial charge in [-0.25, -0.2) is 4.98 Å². The van der Waals surface area contributed by atoms with Gasteiger partial charge in [-0.15, -0.1) is 11.3 Å². The van der Waals surface area contributed by atoms with Crippen molar-refractivity contribution in [1.82, 2.24) is 14.8 Å². The summed E-state index contributed by atoms with van der Waals surface area (Å²) in [6, 6.07) is 0. The highest BCUT2D eigenvalue weighted by Crippen LogP contribution is 2.42. The monoisotopic (exact) mass is 381 g/mol. The predicted octanol–water partition coefficient (Wildman–Crippen LogP) is 2.32. The summed E-state index contributed by atoms with van der Waals surface area (Å²) in [4.78, 5) is 21.4. The minimum absolute atomic E-state index is 0.0220. The van der Waals surface area contributed by atoms with Gasteiger partial charge in [0.1, 0.15) is 6.61 Å². The first-order chi connectivity index (χ1) is 12.5. The zero-order valence-corrected chi connectivity index (χ0v) is 17.0. The van der Waals surface area contributed by atoms with Gasteiger partial charge in [0.25, 0.3) is 0 Å². The quantitative estimate of drug-likeness (QED) is 0.679. The van der Waals surface area contributed by atoms with E-state index in [1.165, 1.54) is 4.88 Å². The topological polar surface area (TPSA) is 54.9 Å². The van der Waals surface area contributed by atoms with Crippen molar-refractivity contribution >= 4 is 17.2 Å². The number of aryl methyl sites for hydroxylation is 1. The van der Waals surface area contributed by atoms with Crippen LogP contribution in [0.15, 0.2) is 5.51 Å². The third-order valence-corrected chi connectivity index (χ3v) is 6.77. The molecule has 0 saturated carbocycles. The molecule has 6 nitrogen and oxygen atoms in total. The summed E-state index contributed by atoms with van der Waals surface area (Å²) in [6.07, 6.45) is 4.27. The molecule has 1 aromatic heterocycles. The highest BCUT2D eigenvalue weighted by Gasteiger charge is 2.45. The van der Waals surface area contributed by atoms with Crippen LogP contribution in [0.25, 0.3) is 0 Å². The van der Waals surface area contributed by atoms with Gasteiger partial charge in [0.15, 0.2) is 0 Å².